The number of alkyl halides is 1. The molecule has 0 heterocycles. The molecule has 17 heavy (non-hydrogen) atoms. The predicted molar refractivity (Wildman–Crippen MR) is 63.1 cm³/mol. The molecular formula is C11H12ClNO4. The molecule has 1 atom stereocenters. The Morgan fingerprint density at radius 3 is 2.59 bits per heavy atom. The third-order valence-corrected chi connectivity index (χ3v) is 2.44. The molecule has 0 aliphatic heterocycles. The Bertz CT molecular complexity index is 447. The minimum absolute atomic E-state index is 0.109. The number of aliphatic hydroxyl groups excluding tert-OH is 1. The van der Waals surface area contributed by atoms with E-state index in [1.54, 1.807) is 0 Å². The molecule has 1 unspecified atom stereocenters. The van der Waals surface area contributed by atoms with Gasteiger partial charge in [-0.15, -0.1) is 11.6 Å². The van der Waals surface area contributed by atoms with Gasteiger partial charge in [-0.05, 0) is 17.7 Å². The van der Waals surface area contributed by atoms with E-state index in [0.717, 1.165) is 0 Å². The number of carbonyl (C=O) groups excluding carboxylic acids is 1. The summed E-state index contributed by atoms with van der Waals surface area (Å²) in [5, 5.41) is 18.0. The lowest BCUT2D eigenvalue weighted by atomic mass is 10.0. The van der Waals surface area contributed by atoms with Crippen molar-refractivity contribution in [2.75, 3.05) is 11.6 Å². The van der Waals surface area contributed by atoms with Crippen LogP contribution in [0.5, 0.6) is 0 Å². The van der Waals surface area contributed by atoms with Crippen LogP contribution in [0.3, 0.4) is 0 Å². The highest BCUT2D eigenvalue weighted by Gasteiger charge is 2.18. The predicted octanol–water partition coefficient (Wildman–Crippen LogP) is 1.20. The molecular weight excluding hydrogens is 246 g/mol. The van der Waals surface area contributed by atoms with Crippen LogP contribution in [0.2, 0.25) is 0 Å². The van der Waals surface area contributed by atoms with E-state index in [0.29, 0.717) is 0 Å². The number of ketones is 1. The third kappa shape index (κ3) is 3.18. The zero-order valence-electron chi connectivity index (χ0n) is 8.89. The van der Waals surface area contributed by atoms with Gasteiger partial charge in [-0.2, -0.15) is 0 Å². The van der Waals surface area contributed by atoms with Gasteiger partial charge in [0.25, 0.3) is 0 Å². The fourth-order valence-electron chi connectivity index (χ4n) is 1.35. The third-order valence-electron chi connectivity index (χ3n) is 2.25. The van der Waals surface area contributed by atoms with Gasteiger partial charge in [-0.1, -0.05) is 6.07 Å². The first-order valence-corrected chi connectivity index (χ1v) is 5.40. The molecule has 1 aromatic rings. The van der Waals surface area contributed by atoms with Crippen LogP contribution in [-0.4, -0.2) is 27.8 Å². The number of nitrogens with two attached hydrogens (primary N) is 1. The van der Waals surface area contributed by atoms with Crippen LogP contribution in [0, 0.1) is 0 Å². The second kappa shape index (κ2) is 5.65. The van der Waals surface area contributed by atoms with Crippen LogP contribution in [-0.2, 0) is 4.79 Å². The molecule has 0 radical (unpaired) electrons. The van der Waals surface area contributed by atoms with Gasteiger partial charge < -0.3 is 15.9 Å². The van der Waals surface area contributed by atoms with E-state index in [4.69, 9.17) is 22.4 Å². The standard InChI is InChI=1S/C11H12ClNO4/c12-4-3-9(14)7-5-6(1-2-8(7)13)10(15)11(16)17/h1-2,5,10,15H,3-4,13H2,(H,16,17). The Morgan fingerprint density at radius 1 is 1.41 bits per heavy atom. The van der Waals surface area contributed by atoms with Gasteiger partial charge in [0.15, 0.2) is 11.9 Å². The zero-order chi connectivity index (χ0) is 13.0. The average Bonchev–Trinajstić information content (AvgIpc) is 2.28. The summed E-state index contributed by atoms with van der Waals surface area (Å²) in [5.41, 5.74) is 6.14. The average molecular weight is 258 g/mol. The lowest BCUT2D eigenvalue weighted by molar-refractivity contribution is -0.146. The number of hydrogen-bond acceptors (Lipinski definition) is 4. The number of rotatable bonds is 5. The van der Waals surface area contributed by atoms with Crippen LogP contribution < -0.4 is 5.73 Å². The molecule has 5 nitrogen and oxygen atoms in total. The van der Waals surface area contributed by atoms with Crippen LogP contribution in [0.4, 0.5) is 5.69 Å². The summed E-state index contributed by atoms with van der Waals surface area (Å²) in [6.45, 7) is 0. The van der Waals surface area contributed by atoms with Crippen molar-refractivity contribution in [2.24, 2.45) is 0 Å². The number of aliphatic hydroxyl groups is 1. The Kier molecular flexibility index (Phi) is 4.48. The zero-order valence-corrected chi connectivity index (χ0v) is 9.65. The molecule has 6 heteroatoms. The largest absolute Gasteiger partial charge is 0.479 e. The number of carbonyl (C=O) groups is 2. The summed E-state index contributed by atoms with van der Waals surface area (Å²) in [7, 11) is 0. The van der Waals surface area contributed by atoms with Gasteiger partial charge in [-0.3, -0.25) is 4.79 Å². The number of nitrogen functional groups attached to an aromatic ring is 1. The van der Waals surface area contributed by atoms with Crippen molar-refractivity contribution in [3.05, 3.63) is 29.3 Å². The first-order valence-electron chi connectivity index (χ1n) is 4.86. The normalized spacial score (nSPS) is 12.1. The molecule has 0 aliphatic carbocycles. The van der Waals surface area contributed by atoms with Crippen molar-refractivity contribution in [1.82, 2.24) is 0 Å². The summed E-state index contributed by atoms with van der Waals surface area (Å²) >= 11 is 5.45. The van der Waals surface area contributed by atoms with Crippen LogP contribution in [0.1, 0.15) is 28.4 Å². The van der Waals surface area contributed by atoms with Gasteiger partial charge in [-0.25, -0.2) is 4.79 Å². The lowest BCUT2D eigenvalue weighted by Gasteiger charge is -2.09. The summed E-state index contributed by atoms with van der Waals surface area (Å²) in [6.07, 6.45) is -1.56. The number of aliphatic carboxylic acids is 1. The number of carboxylic acids is 1. The number of hydrogen-bond donors (Lipinski definition) is 3. The van der Waals surface area contributed by atoms with E-state index in [2.05, 4.69) is 0 Å². The molecule has 0 fully saturated rings. The van der Waals surface area contributed by atoms with E-state index in [9.17, 15) is 14.7 Å². The summed E-state index contributed by atoms with van der Waals surface area (Å²) < 4.78 is 0. The van der Waals surface area contributed by atoms with Crippen LogP contribution in [0.25, 0.3) is 0 Å². The maximum absolute atomic E-state index is 11.6. The van der Waals surface area contributed by atoms with Crippen LogP contribution in [0.15, 0.2) is 18.2 Å². The molecule has 0 spiro atoms. The minimum Gasteiger partial charge on any atom is -0.479 e. The molecule has 1 aromatic carbocycles. The van der Waals surface area contributed by atoms with Gasteiger partial charge in [0, 0.05) is 23.6 Å². The van der Waals surface area contributed by atoms with Crippen molar-refractivity contribution in [2.45, 2.75) is 12.5 Å². The van der Waals surface area contributed by atoms with Crippen molar-refractivity contribution >= 4 is 29.0 Å². The van der Waals surface area contributed by atoms with E-state index < -0.39 is 12.1 Å². The molecule has 92 valence electrons. The molecule has 0 aliphatic rings. The molecule has 4 N–H and O–H groups in total. The highest BCUT2D eigenvalue weighted by molar-refractivity contribution is 6.19. The first-order chi connectivity index (χ1) is 7.97. The fourth-order valence-corrected chi connectivity index (χ4v) is 1.52. The van der Waals surface area contributed by atoms with Gasteiger partial charge in [0.05, 0.1) is 0 Å². The molecule has 0 amide bonds. The van der Waals surface area contributed by atoms with Gasteiger partial charge in [0.2, 0.25) is 0 Å². The van der Waals surface area contributed by atoms with Crippen molar-refractivity contribution < 1.29 is 19.8 Å². The maximum Gasteiger partial charge on any atom is 0.337 e. The highest BCUT2D eigenvalue weighted by Crippen LogP contribution is 2.21. The quantitative estimate of drug-likeness (QED) is 0.418. The Hall–Kier alpha value is -1.59. The smallest absolute Gasteiger partial charge is 0.337 e. The highest BCUT2D eigenvalue weighted by atomic mass is 35.5. The van der Waals surface area contributed by atoms with Crippen molar-refractivity contribution in [1.29, 1.82) is 0 Å². The summed E-state index contributed by atoms with van der Waals surface area (Å²) in [6, 6.07) is 4.04. The first kappa shape index (κ1) is 13.5. The molecule has 0 saturated carbocycles. The second-order valence-electron chi connectivity index (χ2n) is 3.45. The molecule has 0 bridgehead atoms. The van der Waals surface area contributed by atoms with Gasteiger partial charge >= 0.3 is 5.97 Å². The topological polar surface area (TPSA) is 101 Å². The minimum atomic E-state index is -1.67. The summed E-state index contributed by atoms with van der Waals surface area (Å²) in [4.78, 5) is 22.2. The number of carboxylic acid groups (broad SMARTS) is 1. The number of Topliss-reactive ketones (excluding diaryl/α,β-unsaturated/α-hetero) is 1. The summed E-state index contributed by atoms with van der Waals surface area (Å²) in [5.74, 6) is -1.51. The monoisotopic (exact) mass is 257 g/mol. The van der Waals surface area contributed by atoms with E-state index in [1.165, 1.54) is 18.2 Å². The molecule has 0 aromatic heterocycles. The van der Waals surface area contributed by atoms with Gasteiger partial charge in [0.1, 0.15) is 0 Å². The second-order valence-corrected chi connectivity index (χ2v) is 3.83. The fraction of sp³-hybridized carbons (Fsp3) is 0.273. The molecule has 1 rings (SSSR count). The van der Waals surface area contributed by atoms with E-state index in [1.807, 2.05) is 0 Å². The number of anilines is 1. The van der Waals surface area contributed by atoms with Crippen molar-refractivity contribution in [3.63, 3.8) is 0 Å². The van der Waals surface area contributed by atoms with E-state index >= 15 is 0 Å². The lowest BCUT2D eigenvalue weighted by Crippen LogP contribution is -2.12. The number of benzene rings is 1. The molecule has 0 saturated heterocycles. The van der Waals surface area contributed by atoms with E-state index in [-0.39, 0.29) is 34.9 Å². The maximum atomic E-state index is 11.6. The number of halogens is 1. The van der Waals surface area contributed by atoms with Crippen LogP contribution >= 0.6 is 11.6 Å². The Labute approximate surface area is 103 Å². The van der Waals surface area contributed by atoms with Crippen molar-refractivity contribution in [3.8, 4) is 0 Å². The Balaban J connectivity index is 3.10. The SMILES string of the molecule is Nc1ccc(C(O)C(=O)O)cc1C(=O)CCCl. The Morgan fingerprint density at radius 2 is 2.06 bits per heavy atom.